The second kappa shape index (κ2) is 6.89. The first-order chi connectivity index (χ1) is 12.1. The predicted octanol–water partition coefficient (Wildman–Crippen LogP) is 3.80. The molecule has 4 saturated carbocycles. The molecule has 4 aliphatic carbocycles. The van der Waals surface area contributed by atoms with E-state index in [1.165, 1.54) is 38.5 Å². The molecule has 1 aromatic rings. The van der Waals surface area contributed by atoms with Crippen molar-refractivity contribution in [3.05, 3.63) is 24.3 Å². The van der Waals surface area contributed by atoms with Gasteiger partial charge in [0.2, 0.25) is 0 Å². The summed E-state index contributed by atoms with van der Waals surface area (Å²) in [4.78, 5) is 12.2. The van der Waals surface area contributed by atoms with Gasteiger partial charge in [-0.25, -0.2) is 0 Å². The van der Waals surface area contributed by atoms with E-state index in [0.717, 1.165) is 30.0 Å². The minimum atomic E-state index is -0.00960. The highest BCUT2D eigenvalue weighted by molar-refractivity contribution is 5.77. The fourth-order valence-corrected chi connectivity index (χ4v) is 5.79. The molecule has 4 bridgehead atoms. The minimum Gasteiger partial charge on any atom is -0.494 e. The fourth-order valence-electron chi connectivity index (χ4n) is 5.79. The van der Waals surface area contributed by atoms with Gasteiger partial charge in [0.15, 0.2) is 6.61 Å². The standard InChI is InChI=1S/C21H29NO3/c1-2-24-18-3-5-19(6-4-18)25-13-20(23)22-14-21-10-15-7-16(11-21)9-17(8-15)12-21/h3-6,15-17H,2,7-14H2,1H3,(H,22,23). The summed E-state index contributed by atoms with van der Waals surface area (Å²) >= 11 is 0. The minimum absolute atomic E-state index is 0.00960. The summed E-state index contributed by atoms with van der Waals surface area (Å²) in [6.45, 7) is 3.52. The highest BCUT2D eigenvalue weighted by Crippen LogP contribution is 2.59. The molecule has 1 N–H and O–H groups in total. The van der Waals surface area contributed by atoms with Gasteiger partial charge in [-0.05, 0) is 92.9 Å². The molecule has 4 nitrogen and oxygen atoms in total. The number of amides is 1. The highest BCUT2D eigenvalue weighted by Gasteiger charge is 2.50. The molecule has 0 unspecified atom stereocenters. The van der Waals surface area contributed by atoms with Crippen molar-refractivity contribution in [2.75, 3.05) is 19.8 Å². The molecule has 0 spiro atoms. The van der Waals surface area contributed by atoms with E-state index in [4.69, 9.17) is 9.47 Å². The number of rotatable bonds is 7. The molecule has 0 heterocycles. The topological polar surface area (TPSA) is 47.6 Å². The Morgan fingerprint density at radius 2 is 1.52 bits per heavy atom. The molecular formula is C21H29NO3. The molecule has 0 radical (unpaired) electrons. The average molecular weight is 343 g/mol. The van der Waals surface area contributed by atoms with Crippen LogP contribution in [0.25, 0.3) is 0 Å². The van der Waals surface area contributed by atoms with Crippen LogP contribution in [-0.4, -0.2) is 25.7 Å². The third-order valence-electron chi connectivity index (χ3n) is 6.33. The number of nitrogens with one attached hydrogen (secondary N) is 1. The van der Waals surface area contributed by atoms with E-state index in [1.54, 1.807) is 0 Å². The van der Waals surface area contributed by atoms with Crippen LogP contribution in [0.2, 0.25) is 0 Å². The first-order valence-corrected chi connectivity index (χ1v) is 9.76. The van der Waals surface area contributed by atoms with Gasteiger partial charge in [-0.15, -0.1) is 0 Å². The number of ether oxygens (including phenoxy) is 2. The van der Waals surface area contributed by atoms with Crippen LogP contribution in [0.3, 0.4) is 0 Å². The van der Waals surface area contributed by atoms with Gasteiger partial charge in [-0.3, -0.25) is 4.79 Å². The van der Waals surface area contributed by atoms with Gasteiger partial charge in [0.1, 0.15) is 11.5 Å². The van der Waals surface area contributed by atoms with Gasteiger partial charge < -0.3 is 14.8 Å². The molecule has 4 heteroatoms. The van der Waals surface area contributed by atoms with Crippen molar-refractivity contribution in [1.82, 2.24) is 5.32 Å². The molecule has 0 saturated heterocycles. The summed E-state index contributed by atoms with van der Waals surface area (Å²) in [5, 5.41) is 3.15. The van der Waals surface area contributed by atoms with Crippen molar-refractivity contribution in [3.63, 3.8) is 0 Å². The molecular weight excluding hydrogens is 314 g/mol. The quantitative estimate of drug-likeness (QED) is 0.819. The zero-order valence-electron chi connectivity index (χ0n) is 15.1. The lowest BCUT2D eigenvalue weighted by Crippen LogP contribution is -2.51. The van der Waals surface area contributed by atoms with Gasteiger partial charge in [0, 0.05) is 6.54 Å². The fraction of sp³-hybridized carbons (Fsp3) is 0.667. The summed E-state index contributed by atoms with van der Waals surface area (Å²) in [7, 11) is 0. The number of hydrogen-bond donors (Lipinski definition) is 1. The molecule has 136 valence electrons. The van der Waals surface area contributed by atoms with Crippen LogP contribution < -0.4 is 14.8 Å². The number of hydrogen-bond acceptors (Lipinski definition) is 3. The first-order valence-electron chi connectivity index (χ1n) is 9.76. The van der Waals surface area contributed by atoms with Crippen LogP contribution in [-0.2, 0) is 4.79 Å². The zero-order valence-corrected chi connectivity index (χ0v) is 15.1. The maximum Gasteiger partial charge on any atom is 0.257 e. The van der Waals surface area contributed by atoms with E-state index in [9.17, 15) is 4.79 Å². The van der Waals surface area contributed by atoms with Gasteiger partial charge in [0.25, 0.3) is 5.91 Å². The molecule has 1 aromatic carbocycles. The van der Waals surface area contributed by atoms with Crippen molar-refractivity contribution in [2.45, 2.75) is 45.4 Å². The van der Waals surface area contributed by atoms with Crippen LogP contribution in [0.4, 0.5) is 0 Å². The largest absolute Gasteiger partial charge is 0.494 e. The average Bonchev–Trinajstić information content (AvgIpc) is 2.59. The Balaban J connectivity index is 1.24. The monoisotopic (exact) mass is 343 g/mol. The summed E-state index contributed by atoms with van der Waals surface area (Å²) in [6, 6.07) is 7.42. The second-order valence-electron chi connectivity index (χ2n) is 8.39. The highest BCUT2D eigenvalue weighted by atomic mass is 16.5. The van der Waals surface area contributed by atoms with Crippen molar-refractivity contribution in [1.29, 1.82) is 0 Å². The Labute approximate surface area is 150 Å². The third-order valence-corrected chi connectivity index (χ3v) is 6.33. The number of carbonyl (C=O) groups excluding carboxylic acids is 1. The van der Waals surface area contributed by atoms with Crippen molar-refractivity contribution in [2.24, 2.45) is 23.2 Å². The second-order valence-corrected chi connectivity index (χ2v) is 8.39. The van der Waals surface area contributed by atoms with Crippen molar-refractivity contribution >= 4 is 5.91 Å². The smallest absolute Gasteiger partial charge is 0.257 e. The van der Waals surface area contributed by atoms with Gasteiger partial charge in [-0.1, -0.05) is 0 Å². The normalized spacial score (nSPS) is 32.4. The zero-order chi connectivity index (χ0) is 17.3. The van der Waals surface area contributed by atoms with Crippen LogP contribution in [0.1, 0.15) is 45.4 Å². The number of benzene rings is 1. The molecule has 0 atom stereocenters. The maximum absolute atomic E-state index is 12.2. The van der Waals surface area contributed by atoms with Crippen molar-refractivity contribution < 1.29 is 14.3 Å². The third kappa shape index (κ3) is 3.78. The summed E-state index contributed by atoms with van der Waals surface area (Å²) in [5.74, 6) is 4.27. The van der Waals surface area contributed by atoms with E-state index in [-0.39, 0.29) is 12.5 Å². The summed E-state index contributed by atoms with van der Waals surface area (Å²) in [5.41, 5.74) is 0.379. The Morgan fingerprint density at radius 1 is 1.00 bits per heavy atom. The van der Waals surface area contributed by atoms with Gasteiger partial charge in [-0.2, -0.15) is 0 Å². The van der Waals surface area contributed by atoms with E-state index in [1.807, 2.05) is 31.2 Å². The molecule has 0 aromatic heterocycles. The Kier molecular flexibility index (Phi) is 4.61. The van der Waals surface area contributed by atoms with Crippen molar-refractivity contribution in [3.8, 4) is 11.5 Å². The van der Waals surface area contributed by atoms with Crippen LogP contribution in [0.15, 0.2) is 24.3 Å². The predicted molar refractivity (Wildman–Crippen MR) is 96.7 cm³/mol. The van der Waals surface area contributed by atoms with Crippen LogP contribution in [0, 0.1) is 23.2 Å². The van der Waals surface area contributed by atoms with E-state index in [2.05, 4.69) is 5.32 Å². The van der Waals surface area contributed by atoms with Gasteiger partial charge in [0.05, 0.1) is 6.61 Å². The summed E-state index contributed by atoms with van der Waals surface area (Å²) < 4.78 is 11.0. The molecule has 4 fully saturated rings. The maximum atomic E-state index is 12.2. The van der Waals surface area contributed by atoms with Crippen LogP contribution >= 0.6 is 0 Å². The van der Waals surface area contributed by atoms with E-state index >= 15 is 0 Å². The first kappa shape index (κ1) is 16.7. The number of carbonyl (C=O) groups is 1. The van der Waals surface area contributed by atoms with Gasteiger partial charge >= 0.3 is 0 Å². The lowest BCUT2D eigenvalue weighted by atomic mass is 9.49. The Bertz CT molecular complexity index is 575. The molecule has 5 rings (SSSR count). The summed E-state index contributed by atoms with van der Waals surface area (Å²) in [6.07, 6.45) is 8.27. The van der Waals surface area contributed by atoms with Crippen LogP contribution in [0.5, 0.6) is 11.5 Å². The molecule has 1 amide bonds. The Hall–Kier alpha value is -1.71. The molecule has 4 aliphatic rings. The lowest BCUT2D eigenvalue weighted by molar-refractivity contribution is -0.125. The SMILES string of the molecule is CCOc1ccc(OCC(=O)NCC23CC4CC(CC(C4)C2)C3)cc1. The van der Waals surface area contributed by atoms with E-state index in [0.29, 0.717) is 17.8 Å². The Morgan fingerprint density at radius 3 is 2.04 bits per heavy atom. The van der Waals surface area contributed by atoms with E-state index < -0.39 is 0 Å². The molecule has 25 heavy (non-hydrogen) atoms. The lowest BCUT2D eigenvalue weighted by Gasteiger charge is -2.56. The molecule has 0 aliphatic heterocycles.